The van der Waals surface area contributed by atoms with Crippen LogP contribution in [0.1, 0.15) is 38.8 Å². The van der Waals surface area contributed by atoms with Crippen LogP contribution in [-0.4, -0.2) is 47.3 Å². The van der Waals surface area contributed by atoms with Gasteiger partial charge in [0, 0.05) is 55.7 Å². The smallest absolute Gasteiger partial charge is 0.116 e. The number of aromatic amines is 1. The summed E-state index contributed by atoms with van der Waals surface area (Å²) in [6.07, 6.45) is 11.5. The molecule has 1 saturated heterocycles. The maximum Gasteiger partial charge on any atom is 0.116 e. The van der Waals surface area contributed by atoms with E-state index in [1.54, 1.807) is 0 Å². The highest BCUT2D eigenvalue weighted by Crippen LogP contribution is 2.29. The lowest BCUT2D eigenvalue weighted by Crippen LogP contribution is -2.30. The highest BCUT2D eigenvalue weighted by Gasteiger charge is 2.17. The fourth-order valence-electron chi connectivity index (χ4n) is 4.54. The van der Waals surface area contributed by atoms with Gasteiger partial charge in [0.2, 0.25) is 0 Å². The molecule has 182 valence electrons. The van der Waals surface area contributed by atoms with Gasteiger partial charge in [0.1, 0.15) is 5.69 Å². The molecule has 6 nitrogen and oxygen atoms in total. The van der Waals surface area contributed by atoms with E-state index in [-0.39, 0.29) is 0 Å². The lowest BCUT2D eigenvalue weighted by Gasteiger charge is -2.32. The first-order valence-corrected chi connectivity index (χ1v) is 12.2. The molecule has 0 spiro atoms. The number of nitrogens with zero attached hydrogens (tertiary/aromatic N) is 4. The van der Waals surface area contributed by atoms with Crippen molar-refractivity contribution in [3.05, 3.63) is 84.6 Å². The van der Waals surface area contributed by atoms with Crippen LogP contribution in [0.3, 0.4) is 0 Å². The van der Waals surface area contributed by atoms with Crippen molar-refractivity contribution in [2.45, 2.75) is 33.1 Å². The van der Waals surface area contributed by atoms with Crippen molar-refractivity contribution in [1.29, 1.82) is 0 Å². The van der Waals surface area contributed by atoms with Gasteiger partial charge in [-0.15, -0.1) is 0 Å². The second kappa shape index (κ2) is 10.6. The summed E-state index contributed by atoms with van der Waals surface area (Å²) in [6, 6.07) is 8.45. The van der Waals surface area contributed by atoms with Crippen LogP contribution in [0.2, 0.25) is 0 Å². The summed E-state index contributed by atoms with van der Waals surface area (Å²) in [7, 11) is 4.04. The van der Waals surface area contributed by atoms with E-state index in [1.807, 2.05) is 32.6 Å². The molecule has 3 aromatic rings. The molecule has 2 aromatic heterocycles. The van der Waals surface area contributed by atoms with E-state index in [0.717, 1.165) is 57.9 Å². The molecule has 0 bridgehead atoms. The Hall–Kier alpha value is -3.80. The highest BCUT2D eigenvalue weighted by molar-refractivity contribution is 5.93. The Morgan fingerprint density at radius 3 is 2.57 bits per heavy atom. The van der Waals surface area contributed by atoms with Gasteiger partial charge in [0.25, 0.3) is 0 Å². The first-order valence-electron chi connectivity index (χ1n) is 12.2. The number of aromatic nitrogens is 3. The first kappa shape index (κ1) is 24.3. The van der Waals surface area contributed by atoms with Gasteiger partial charge in [-0.05, 0) is 68.5 Å². The maximum atomic E-state index is 4.58. The van der Waals surface area contributed by atoms with Gasteiger partial charge < -0.3 is 15.1 Å². The van der Waals surface area contributed by atoms with E-state index in [2.05, 4.69) is 87.6 Å². The number of piperidine rings is 1. The number of benzene rings is 1. The second-order valence-electron chi connectivity index (χ2n) is 9.35. The molecule has 0 amide bonds. The van der Waals surface area contributed by atoms with Crippen molar-refractivity contribution in [2.24, 2.45) is 0 Å². The average Bonchev–Trinajstić information content (AvgIpc) is 3.31. The van der Waals surface area contributed by atoms with E-state index < -0.39 is 0 Å². The first-order chi connectivity index (χ1) is 16.9. The Kier molecular flexibility index (Phi) is 7.39. The quantitative estimate of drug-likeness (QED) is 0.391. The summed E-state index contributed by atoms with van der Waals surface area (Å²) in [4.78, 5) is 8.93. The number of allylic oxidation sites excluding steroid dienone is 4. The van der Waals surface area contributed by atoms with Crippen LogP contribution in [0, 0.1) is 0 Å². The van der Waals surface area contributed by atoms with Gasteiger partial charge in [-0.3, -0.25) is 10.1 Å². The van der Waals surface area contributed by atoms with Crippen LogP contribution < -0.4 is 10.2 Å². The Labute approximate surface area is 208 Å². The maximum absolute atomic E-state index is 4.58. The molecule has 0 atom stereocenters. The second-order valence-corrected chi connectivity index (χ2v) is 9.35. The number of H-pyrrole nitrogens is 1. The summed E-state index contributed by atoms with van der Waals surface area (Å²) in [5, 5.41) is 12.3. The lowest BCUT2D eigenvalue weighted by molar-refractivity contribution is 0.289. The number of hydrogen-bond acceptors (Lipinski definition) is 5. The van der Waals surface area contributed by atoms with Gasteiger partial charge in [0.05, 0.1) is 23.1 Å². The van der Waals surface area contributed by atoms with Gasteiger partial charge >= 0.3 is 0 Å². The molecule has 0 radical (unpaired) electrons. The number of anilines is 1. The number of rotatable bonds is 8. The largest absolute Gasteiger partial charge is 0.376 e. The van der Waals surface area contributed by atoms with Gasteiger partial charge in [0.15, 0.2) is 0 Å². The molecule has 0 unspecified atom stereocenters. The third kappa shape index (κ3) is 5.32. The fraction of sp³-hybridized carbons (Fsp3) is 0.310. The summed E-state index contributed by atoms with van der Waals surface area (Å²) < 4.78 is 0. The Morgan fingerprint density at radius 2 is 1.86 bits per heavy atom. The van der Waals surface area contributed by atoms with Gasteiger partial charge in [-0.2, -0.15) is 5.10 Å². The van der Waals surface area contributed by atoms with Crippen LogP contribution in [0.5, 0.6) is 0 Å². The van der Waals surface area contributed by atoms with E-state index in [9.17, 15) is 0 Å². The predicted molar refractivity (Wildman–Crippen MR) is 148 cm³/mol. The number of hydrogen-bond donors (Lipinski definition) is 2. The van der Waals surface area contributed by atoms with Crippen molar-refractivity contribution in [3.63, 3.8) is 0 Å². The van der Waals surface area contributed by atoms with Gasteiger partial charge in [-0.1, -0.05) is 25.3 Å². The molecular weight excluding hydrogens is 432 g/mol. The third-order valence-electron chi connectivity index (χ3n) is 6.68. The van der Waals surface area contributed by atoms with E-state index in [4.69, 9.17) is 0 Å². The molecule has 35 heavy (non-hydrogen) atoms. The minimum atomic E-state index is 0.766. The molecular formula is C29H36N6. The third-order valence-corrected chi connectivity index (χ3v) is 6.68. The zero-order valence-corrected chi connectivity index (χ0v) is 21.4. The number of likely N-dealkylation sites (tertiary alicyclic amines) is 1. The van der Waals surface area contributed by atoms with E-state index in [0.29, 0.717) is 0 Å². The molecule has 0 aliphatic carbocycles. The predicted octanol–water partition coefficient (Wildman–Crippen LogP) is 6.10. The normalized spacial score (nSPS) is 15.1. The molecule has 1 aliphatic heterocycles. The summed E-state index contributed by atoms with van der Waals surface area (Å²) in [5.74, 6) is 0. The van der Waals surface area contributed by atoms with Crippen LogP contribution >= 0.6 is 0 Å². The standard InChI is InChI=1S/C29H36N6/c1-7-11-28(35-14-9-8-10-15-35)20(2)21(3)31-22(4)29-26-17-23(12-13-27(26)32-33-29)24-16-25(34(5)6)19-30-18-24/h7,11-13,16-19,31H,1,4,8-10,14-15H2,2-3,5-6H3,(H,32,33)/b21-20+,28-11+. The monoisotopic (exact) mass is 468 g/mol. The van der Waals surface area contributed by atoms with Crippen LogP contribution in [0.15, 0.2) is 78.9 Å². The van der Waals surface area contributed by atoms with Crippen molar-refractivity contribution in [3.8, 4) is 11.1 Å². The molecule has 6 heteroatoms. The van der Waals surface area contributed by atoms with Crippen molar-refractivity contribution in [2.75, 3.05) is 32.1 Å². The zero-order chi connectivity index (χ0) is 24.9. The average molecular weight is 469 g/mol. The molecule has 1 aliphatic rings. The molecule has 2 N–H and O–H groups in total. The molecule has 0 saturated carbocycles. The van der Waals surface area contributed by atoms with Crippen molar-refractivity contribution < 1.29 is 0 Å². The Balaban J connectivity index is 1.62. The summed E-state index contributed by atoms with van der Waals surface area (Å²) in [5.41, 5.74) is 9.26. The van der Waals surface area contributed by atoms with E-state index in [1.165, 1.54) is 30.5 Å². The fourth-order valence-corrected chi connectivity index (χ4v) is 4.54. The topological polar surface area (TPSA) is 60.1 Å². The van der Waals surface area contributed by atoms with E-state index >= 15 is 0 Å². The number of pyridine rings is 1. The zero-order valence-electron chi connectivity index (χ0n) is 21.4. The molecule has 3 heterocycles. The van der Waals surface area contributed by atoms with Gasteiger partial charge in [-0.25, -0.2) is 0 Å². The van der Waals surface area contributed by atoms with Crippen molar-refractivity contribution >= 4 is 22.3 Å². The Morgan fingerprint density at radius 1 is 1.09 bits per heavy atom. The van der Waals surface area contributed by atoms with Crippen LogP contribution in [0.4, 0.5) is 5.69 Å². The molecule has 1 fully saturated rings. The summed E-state index contributed by atoms with van der Waals surface area (Å²) in [6.45, 7) is 14.7. The minimum absolute atomic E-state index is 0.766. The molecule has 1 aromatic carbocycles. The van der Waals surface area contributed by atoms with Crippen LogP contribution in [0.25, 0.3) is 27.7 Å². The number of nitrogens with one attached hydrogen (secondary N) is 2. The lowest BCUT2D eigenvalue weighted by atomic mass is 10.0. The number of fused-ring (bicyclic) bond motifs is 1. The minimum Gasteiger partial charge on any atom is -0.376 e. The highest BCUT2D eigenvalue weighted by atomic mass is 15.1. The van der Waals surface area contributed by atoms with Crippen molar-refractivity contribution in [1.82, 2.24) is 25.4 Å². The molecule has 4 rings (SSSR count). The Bertz CT molecular complexity index is 1290. The summed E-state index contributed by atoms with van der Waals surface area (Å²) >= 11 is 0. The SMILES string of the molecule is C=C/C=C(\C(C)=C(/C)NC(=C)c1n[nH]c2ccc(-c3cncc(N(C)C)c3)cc12)N1CCCCC1. The van der Waals surface area contributed by atoms with Crippen LogP contribution in [-0.2, 0) is 0 Å².